The van der Waals surface area contributed by atoms with Crippen molar-refractivity contribution >= 4 is 18.2 Å². The second-order valence-corrected chi connectivity index (χ2v) is 5.59. The van der Waals surface area contributed by atoms with E-state index in [1.54, 1.807) is 0 Å². The summed E-state index contributed by atoms with van der Waals surface area (Å²) in [7, 11) is 0. The second kappa shape index (κ2) is 6.73. The van der Waals surface area contributed by atoms with Gasteiger partial charge in [-0.1, -0.05) is 66.8 Å². The highest BCUT2D eigenvalue weighted by molar-refractivity contribution is 5.56. The fraction of sp³-hybridized carbons (Fsp3) is 0.200. The molecule has 2 aromatic carbocycles. The third kappa shape index (κ3) is 3.35. The molecule has 2 aromatic rings. The van der Waals surface area contributed by atoms with Gasteiger partial charge in [-0.2, -0.15) is 0 Å². The summed E-state index contributed by atoms with van der Waals surface area (Å²) in [5.74, 6) is 0. The number of aliphatic hydroxyl groups is 2. The summed E-state index contributed by atoms with van der Waals surface area (Å²) in [6.07, 6.45) is 8.94. The maximum absolute atomic E-state index is 9.51. The average molecular weight is 292 g/mol. The highest BCUT2D eigenvalue weighted by atomic mass is 16.3. The molecule has 2 heteroatoms. The van der Waals surface area contributed by atoms with Gasteiger partial charge in [-0.3, -0.25) is 0 Å². The van der Waals surface area contributed by atoms with Gasteiger partial charge in [0.05, 0.1) is 12.2 Å². The molecule has 0 aliphatic heterocycles. The Morgan fingerprint density at radius 2 is 1.55 bits per heavy atom. The third-order valence-electron chi connectivity index (χ3n) is 3.96. The predicted molar refractivity (Wildman–Crippen MR) is 90.3 cm³/mol. The second-order valence-electron chi connectivity index (χ2n) is 5.59. The van der Waals surface area contributed by atoms with Crippen LogP contribution in [0.15, 0.2) is 54.6 Å². The van der Waals surface area contributed by atoms with E-state index in [0.717, 1.165) is 29.2 Å². The van der Waals surface area contributed by atoms with Crippen molar-refractivity contribution in [1.82, 2.24) is 0 Å². The highest BCUT2D eigenvalue weighted by Crippen LogP contribution is 2.26. The lowest BCUT2D eigenvalue weighted by Gasteiger charge is -2.15. The summed E-state index contributed by atoms with van der Waals surface area (Å²) in [6.45, 7) is 0. The molecule has 2 unspecified atom stereocenters. The Morgan fingerprint density at radius 1 is 0.818 bits per heavy atom. The zero-order valence-electron chi connectivity index (χ0n) is 12.4. The first kappa shape index (κ1) is 14.8. The van der Waals surface area contributed by atoms with Gasteiger partial charge < -0.3 is 10.2 Å². The van der Waals surface area contributed by atoms with Crippen molar-refractivity contribution in [2.24, 2.45) is 0 Å². The van der Waals surface area contributed by atoms with E-state index in [1.165, 1.54) is 5.22 Å². The highest BCUT2D eigenvalue weighted by Gasteiger charge is 2.11. The predicted octanol–water partition coefficient (Wildman–Crippen LogP) is 2.15. The molecule has 2 aliphatic rings. The molecule has 4 rings (SSSR count). The Labute approximate surface area is 130 Å². The van der Waals surface area contributed by atoms with Crippen molar-refractivity contribution in [1.29, 1.82) is 0 Å². The molecule has 2 aliphatic carbocycles. The fourth-order valence-electron chi connectivity index (χ4n) is 2.79. The molecular formula is C20H20O2. The maximum Gasteiger partial charge on any atom is 0.0830 e. The summed E-state index contributed by atoms with van der Waals surface area (Å²) >= 11 is 0. The normalized spacial score (nSPS) is 21.4. The van der Waals surface area contributed by atoms with E-state index < -0.39 is 0 Å². The minimum Gasteiger partial charge on any atom is -0.389 e. The van der Waals surface area contributed by atoms with Crippen LogP contribution >= 0.6 is 0 Å². The van der Waals surface area contributed by atoms with Crippen molar-refractivity contribution in [2.45, 2.75) is 25.0 Å². The SMILES string of the molecule is OC1C=c2ccccc2=CC1.OC1CC=Cc2ccccc21. The van der Waals surface area contributed by atoms with Crippen LogP contribution in [0.25, 0.3) is 18.2 Å². The van der Waals surface area contributed by atoms with Crippen molar-refractivity contribution in [2.75, 3.05) is 0 Å². The van der Waals surface area contributed by atoms with E-state index in [0.29, 0.717) is 0 Å². The van der Waals surface area contributed by atoms with E-state index in [-0.39, 0.29) is 12.2 Å². The van der Waals surface area contributed by atoms with Crippen molar-refractivity contribution in [3.05, 3.63) is 76.2 Å². The van der Waals surface area contributed by atoms with Gasteiger partial charge in [0.2, 0.25) is 0 Å². The van der Waals surface area contributed by atoms with Gasteiger partial charge >= 0.3 is 0 Å². The number of rotatable bonds is 0. The molecule has 0 saturated heterocycles. The minimum absolute atomic E-state index is 0.287. The number of benzene rings is 2. The number of aliphatic hydroxyl groups excluding tert-OH is 2. The summed E-state index contributed by atoms with van der Waals surface area (Å²) in [5.41, 5.74) is 2.20. The van der Waals surface area contributed by atoms with Gasteiger partial charge in [-0.05, 0) is 40.5 Å². The van der Waals surface area contributed by atoms with Gasteiger partial charge in [0.25, 0.3) is 0 Å². The Morgan fingerprint density at radius 3 is 2.36 bits per heavy atom. The number of fused-ring (bicyclic) bond motifs is 2. The van der Waals surface area contributed by atoms with Crippen molar-refractivity contribution in [3.63, 3.8) is 0 Å². The molecule has 0 bridgehead atoms. The molecule has 0 fully saturated rings. The van der Waals surface area contributed by atoms with Gasteiger partial charge in [-0.15, -0.1) is 0 Å². The molecule has 22 heavy (non-hydrogen) atoms. The maximum atomic E-state index is 9.51. The first-order valence-corrected chi connectivity index (χ1v) is 7.63. The summed E-state index contributed by atoms with van der Waals surface area (Å²) in [5, 5.41) is 21.2. The zero-order valence-corrected chi connectivity index (χ0v) is 12.4. The molecule has 0 aromatic heterocycles. The first-order valence-electron chi connectivity index (χ1n) is 7.63. The first-order chi connectivity index (χ1) is 10.7. The largest absolute Gasteiger partial charge is 0.389 e. The Hall–Kier alpha value is -2.16. The average Bonchev–Trinajstić information content (AvgIpc) is 2.56. The topological polar surface area (TPSA) is 40.5 Å². The molecule has 0 heterocycles. The van der Waals surface area contributed by atoms with Crippen molar-refractivity contribution in [3.8, 4) is 0 Å². The molecule has 2 atom stereocenters. The van der Waals surface area contributed by atoms with Crippen molar-refractivity contribution < 1.29 is 10.2 Å². The molecule has 0 saturated carbocycles. The van der Waals surface area contributed by atoms with E-state index in [2.05, 4.69) is 18.2 Å². The van der Waals surface area contributed by atoms with Crippen LogP contribution in [0.4, 0.5) is 0 Å². The van der Waals surface area contributed by atoms with Gasteiger partial charge in [0.1, 0.15) is 0 Å². The molecule has 2 nitrogen and oxygen atoms in total. The van der Waals surface area contributed by atoms with Crippen LogP contribution in [0.5, 0.6) is 0 Å². The summed E-state index contributed by atoms with van der Waals surface area (Å²) < 4.78 is 0. The van der Waals surface area contributed by atoms with E-state index in [4.69, 9.17) is 0 Å². The summed E-state index contributed by atoms with van der Waals surface area (Å²) in [4.78, 5) is 0. The van der Waals surface area contributed by atoms with Crippen LogP contribution < -0.4 is 10.4 Å². The lowest BCUT2D eigenvalue weighted by molar-refractivity contribution is 0.180. The van der Waals surface area contributed by atoms with Crippen LogP contribution in [0.1, 0.15) is 30.1 Å². The molecule has 2 N–H and O–H groups in total. The van der Waals surface area contributed by atoms with Crippen LogP contribution in [-0.4, -0.2) is 16.3 Å². The standard InChI is InChI=1S/2C10H10O/c11-10-7-3-5-8-4-1-2-6-9(8)10;11-10-6-5-8-3-1-2-4-9(8)7-10/h1-6,10-11H,7H2;1-5,7,10-11H,6H2. The smallest absolute Gasteiger partial charge is 0.0830 e. The lowest BCUT2D eigenvalue weighted by Crippen LogP contribution is -2.29. The Kier molecular flexibility index (Phi) is 4.52. The minimum atomic E-state index is -0.295. The van der Waals surface area contributed by atoms with Crippen LogP contribution in [0.3, 0.4) is 0 Å². The van der Waals surface area contributed by atoms with Crippen LogP contribution in [-0.2, 0) is 0 Å². The monoisotopic (exact) mass is 292 g/mol. The van der Waals surface area contributed by atoms with E-state index >= 15 is 0 Å². The van der Waals surface area contributed by atoms with Gasteiger partial charge in [-0.25, -0.2) is 0 Å². The third-order valence-corrected chi connectivity index (χ3v) is 3.96. The number of hydrogen-bond donors (Lipinski definition) is 2. The Balaban J connectivity index is 0.000000131. The molecule has 0 radical (unpaired) electrons. The Bertz CT molecular complexity index is 789. The van der Waals surface area contributed by atoms with Crippen LogP contribution in [0, 0.1) is 0 Å². The molecule has 112 valence electrons. The summed E-state index contributed by atoms with van der Waals surface area (Å²) in [6, 6.07) is 16.0. The van der Waals surface area contributed by atoms with Gasteiger partial charge in [0.15, 0.2) is 0 Å². The quantitative estimate of drug-likeness (QED) is 0.781. The van der Waals surface area contributed by atoms with Gasteiger partial charge in [0, 0.05) is 0 Å². The number of hydrogen-bond acceptors (Lipinski definition) is 2. The van der Waals surface area contributed by atoms with Crippen LogP contribution in [0.2, 0.25) is 0 Å². The molecule has 0 spiro atoms. The van der Waals surface area contributed by atoms with E-state index in [1.807, 2.05) is 54.6 Å². The van der Waals surface area contributed by atoms with E-state index in [9.17, 15) is 10.2 Å². The molecule has 0 amide bonds. The molecular weight excluding hydrogens is 272 g/mol. The zero-order chi connectivity index (χ0) is 15.4. The fourth-order valence-corrected chi connectivity index (χ4v) is 2.79. The lowest BCUT2D eigenvalue weighted by atomic mass is 9.95.